The van der Waals surface area contributed by atoms with E-state index in [-0.39, 0.29) is 18.5 Å². The van der Waals surface area contributed by atoms with Crippen molar-refractivity contribution >= 4 is 12.4 Å². The molecule has 1 aromatic heterocycles. The molecule has 7 nitrogen and oxygen atoms in total. The highest BCUT2D eigenvalue weighted by atomic mass is 35.5. The molecule has 0 bridgehead atoms. The number of nitrogens with two attached hydrogens (primary N) is 1. The third-order valence-corrected chi connectivity index (χ3v) is 3.66. The summed E-state index contributed by atoms with van der Waals surface area (Å²) < 4.78 is 16.0. The number of benzene rings is 1. The average Bonchev–Trinajstić information content (AvgIpc) is 3.03. The number of hydrogen-bond acceptors (Lipinski definition) is 7. The number of hydrogen-bond donors (Lipinski definition) is 1. The summed E-state index contributed by atoms with van der Waals surface area (Å²) in [4.78, 5) is 6.66. The fourth-order valence-corrected chi connectivity index (χ4v) is 2.43. The number of morpholine rings is 1. The molecule has 2 heterocycles. The minimum Gasteiger partial charge on any atom is -0.497 e. The molecule has 1 saturated heterocycles. The highest BCUT2D eigenvalue weighted by Crippen LogP contribution is 2.20. The molecule has 3 rings (SSSR count). The van der Waals surface area contributed by atoms with Gasteiger partial charge < -0.3 is 19.7 Å². The van der Waals surface area contributed by atoms with Crippen molar-refractivity contribution in [3.05, 3.63) is 30.2 Å². The van der Waals surface area contributed by atoms with Gasteiger partial charge in [-0.05, 0) is 24.3 Å². The first-order chi connectivity index (χ1) is 10.8. The summed E-state index contributed by atoms with van der Waals surface area (Å²) >= 11 is 0. The second-order valence-electron chi connectivity index (χ2n) is 5.20. The van der Waals surface area contributed by atoms with Gasteiger partial charge in [-0.3, -0.25) is 4.90 Å². The summed E-state index contributed by atoms with van der Waals surface area (Å²) in [5.74, 6) is 1.98. The molecule has 1 aliphatic heterocycles. The van der Waals surface area contributed by atoms with E-state index in [0.717, 1.165) is 24.4 Å². The summed E-state index contributed by atoms with van der Waals surface area (Å²) in [5.41, 5.74) is 6.55. The van der Waals surface area contributed by atoms with Crippen LogP contribution in [0.3, 0.4) is 0 Å². The van der Waals surface area contributed by atoms with Crippen LogP contribution in [0, 0.1) is 0 Å². The second-order valence-corrected chi connectivity index (χ2v) is 5.20. The van der Waals surface area contributed by atoms with Gasteiger partial charge in [-0.15, -0.1) is 12.4 Å². The maximum atomic E-state index is 5.65. The van der Waals surface area contributed by atoms with Crippen LogP contribution in [0.4, 0.5) is 0 Å². The second kappa shape index (κ2) is 8.26. The van der Waals surface area contributed by atoms with E-state index in [2.05, 4.69) is 15.0 Å². The topological polar surface area (TPSA) is 86.6 Å². The van der Waals surface area contributed by atoms with Gasteiger partial charge in [0.25, 0.3) is 0 Å². The van der Waals surface area contributed by atoms with E-state index in [9.17, 15) is 0 Å². The van der Waals surface area contributed by atoms with Gasteiger partial charge in [-0.1, -0.05) is 5.16 Å². The van der Waals surface area contributed by atoms with Crippen molar-refractivity contribution in [3.8, 4) is 17.1 Å². The molecule has 0 radical (unpaired) electrons. The zero-order chi connectivity index (χ0) is 15.4. The predicted octanol–water partition coefficient (Wildman–Crippen LogP) is 1.33. The summed E-state index contributed by atoms with van der Waals surface area (Å²) in [6, 6.07) is 7.57. The Balaban J connectivity index is 0.00000192. The summed E-state index contributed by atoms with van der Waals surface area (Å²) in [6.07, 6.45) is 0.0812. The lowest BCUT2D eigenvalue weighted by Gasteiger charge is -2.31. The van der Waals surface area contributed by atoms with Crippen LogP contribution in [0.2, 0.25) is 0 Å². The molecule has 0 spiro atoms. The fourth-order valence-electron chi connectivity index (χ4n) is 2.43. The molecular weight excluding hydrogens is 320 g/mol. The van der Waals surface area contributed by atoms with Gasteiger partial charge in [0, 0.05) is 25.2 Å². The Morgan fingerprint density at radius 1 is 1.35 bits per heavy atom. The Morgan fingerprint density at radius 2 is 2.13 bits per heavy atom. The number of halogens is 1. The van der Waals surface area contributed by atoms with Gasteiger partial charge in [0.15, 0.2) is 0 Å². The van der Waals surface area contributed by atoms with Crippen LogP contribution in [0.25, 0.3) is 11.4 Å². The predicted molar refractivity (Wildman–Crippen MR) is 87.6 cm³/mol. The Kier molecular flexibility index (Phi) is 6.35. The van der Waals surface area contributed by atoms with Crippen molar-refractivity contribution in [3.63, 3.8) is 0 Å². The SMILES string of the molecule is COc1ccc(-c2noc(CN3CCOC(CN)C3)n2)cc1.Cl. The molecule has 2 aromatic rings. The van der Waals surface area contributed by atoms with Crippen LogP contribution in [0.15, 0.2) is 28.8 Å². The third-order valence-electron chi connectivity index (χ3n) is 3.66. The third kappa shape index (κ3) is 4.42. The van der Waals surface area contributed by atoms with E-state index in [1.807, 2.05) is 24.3 Å². The van der Waals surface area contributed by atoms with Gasteiger partial charge in [0.2, 0.25) is 11.7 Å². The van der Waals surface area contributed by atoms with Crippen LogP contribution in [-0.4, -0.2) is 54.5 Å². The van der Waals surface area contributed by atoms with Gasteiger partial charge in [0.1, 0.15) is 5.75 Å². The maximum Gasteiger partial charge on any atom is 0.241 e. The molecule has 23 heavy (non-hydrogen) atoms. The first-order valence-corrected chi connectivity index (χ1v) is 7.29. The van der Waals surface area contributed by atoms with Crippen LogP contribution >= 0.6 is 12.4 Å². The summed E-state index contributed by atoms with van der Waals surface area (Å²) in [6.45, 7) is 3.45. The minimum atomic E-state index is 0. The Labute approximate surface area is 141 Å². The monoisotopic (exact) mass is 340 g/mol. The summed E-state index contributed by atoms with van der Waals surface area (Å²) in [5, 5.41) is 4.04. The molecule has 1 unspecified atom stereocenters. The van der Waals surface area contributed by atoms with Crippen molar-refractivity contribution in [1.82, 2.24) is 15.0 Å². The van der Waals surface area contributed by atoms with E-state index < -0.39 is 0 Å². The molecule has 2 N–H and O–H groups in total. The van der Waals surface area contributed by atoms with Crippen molar-refractivity contribution in [1.29, 1.82) is 0 Å². The molecule has 1 fully saturated rings. The van der Waals surface area contributed by atoms with Crippen LogP contribution in [-0.2, 0) is 11.3 Å². The molecular formula is C15H21ClN4O3. The lowest BCUT2D eigenvalue weighted by Crippen LogP contribution is -2.45. The van der Waals surface area contributed by atoms with Crippen LogP contribution < -0.4 is 10.5 Å². The van der Waals surface area contributed by atoms with Gasteiger partial charge >= 0.3 is 0 Å². The first kappa shape index (κ1) is 17.7. The van der Waals surface area contributed by atoms with Crippen molar-refractivity contribution in [2.75, 3.05) is 33.4 Å². The number of nitrogens with zero attached hydrogens (tertiary/aromatic N) is 3. The van der Waals surface area contributed by atoms with E-state index in [1.165, 1.54) is 0 Å². The summed E-state index contributed by atoms with van der Waals surface area (Å²) in [7, 11) is 1.64. The van der Waals surface area contributed by atoms with Crippen molar-refractivity contribution in [2.24, 2.45) is 5.73 Å². The molecule has 126 valence electrons. The van der Waals surface area contributed by atoms with E-state index in [4.69, 9.17) is 19.7 Å². The van der Waals surface area contributed by atoms with Crippen molar-refractivity contribution in [2.45, 2.75) is 12.6 Å². The quantitative estimate of drug-likeness (QED) is 0.878. The molecule has 1 atom stereocenters. The van der Waals surface area contributed by atoms with Gasteiger partial charge in [-0.25, -0.2) is 0 Å². The molecule has 8 heteroatoms. The molecule has 1 aliphatic rings. The molecule has 1 aromatic carbocycles. The standard InChI is InChI=1S/C15H20N4O3.ClH/c1-20-12-4-2-11(3-5-12)15-17-14(22-18-15)10-19-6-7-21-13(8-16)9-19;/h2-5,13H,6-10,16H2,1H3;1H. The Morgan fingerprint density at radius 3 is 2.83 bits per heavy atom. The van der Waals surface area contributed by atoms with E-state index in [1.54, 1.807) is 7.11 Å². The van der Waals surface area contributed by atoms with Gasteiger partial charge in [-0.2, -0.15) is 4.98 Å². The average molecular weight is 341 g/mol. The highest BCUT2D eigenvalue weighted by Gasteiger charge is 2.21. The normalized spacial score (nSPS) is 18.4. The maximum absolute atomic E-state index is 5.65. The Bertz CT molecular complexity index is 605. The lowest BCUT2D eigenvalue weighted by molar-refractivity contribution is -0.0288. The zero-order valence-electron chi connectivity index (χ0n) is 13.0. The first-order valence-electron chi connectivity index (χ1n) is 7.29. The van der Waals surface area contributed by atoms with E-state index in [0.29, 0.717) is 31.4 Å². The number of rotatable bonds is 5. The van der Waals surface area contributed by atoms with Crippen LogP contribution in [0.5, 0.6) is 5.75 Å². The highest BCUT2D eigenvalue weighted by molar-refractivity contribution is 5.85. The fraction of sp³-hybridized carbons (Fsp3) is 0.467. The number of ether oxygens (including phenoxy) is 2. The Hall–Kier alpha value is -1.67. The molecule has 0 saturated carbocycles. The van der Waals surface area contributed by atoms with Gasteiger partial charge in [0.05, 0.1) is 26.4 Å². The van der Waals surface area contributed by atoms with Crippen LogP contribution in [0.1, 0.15) is 5.89 Å². The lowest BCUT2D eigenvalue weighted by atomic mass is 10.2. The smallest absolute Gasteiger partial charge is 0.241 e. The van der Waals surface area contributed by atoms with Crippen molar-refractivity contribution < 1.29 is 14.0 Å². The zero-order valence-corrected chi connectivity index (χ0v) is 13.8. The minimum absolute atomic E-state index is 0. The number of aromatic nitrogens is 2. The van der Waals surface area contributed by atoms with E-state index >= 15 is 0 Å². The molecule has 0 amide bonds. The molecule has 0 aliphatic carbocycles. The number of methoxy groups -OCH3 is 1. The largest absolute Gasteiger partial charge is 0.497 e.